The van der Waals surface area contributed by atoms with Gasteiger partial charge in [0.2, 0.25) is 10.0 Å². The van der Waals surface area contributed by atoms with Gasteiger partial charge in [-0.2, -0.15) is 0 Å². The van der Waals surface area contributed by atoms with Crippen LogP contribution in [0.3, 0.4) is 0 Å². The fourth-order valence-electron chi connectivity index (χ4n) is 2.08. The van der Waals surface area contributed by atoms with Crippen LogP contribution in [0.2, 0.25) is 0 Å². The number of sulfonamides is 1. The van der Waals surface area contributed by atoms with E-state index in [9.17, 15) is 18.0 Å². The number of carbonyl (C=O) groups is 2. The van der Waals surface area contributed by atoms with E-state index in [0.717, 1.165) is 0 Å². The van der Waals surface area contributed by atoms with Gasteiger partial charge in [0.25, 0.3) is 5.91 Å². The largest absolute Gasteiger partial charge is 0.334 e. The lowest BCUT2D eigenvalue weighted by Gasteiger charge is -2.09. The molecule has 0 aromatic heterocycles. The molecule has 2 rings (SSSR count). The van der Waals surface area contributed by atoms with Crippen molar-refractivity contribution in [2.24, 2.45) is 0 Å². The molecule has 9 heteroatoms. The molecule has 0 heterocycles. The molecule has 0 saturated heterocycles. The van der Waals surface area contributed by atoms with Crippen LogP contribution < -0.4 is 20.7 Å². The Morgan fingerprint density at radius 3 is 2.04 bits per heavy atom. The first-order chi connectivity index (χ1) is 12.9. The number of benzene rings is 2. The second-order valence-electron chi connectivity index (χ2n) is 5.39. The number of carbonyl (C=O) groups excluding carboxylic acids is 2. The van der Waals surface area contributed by atoms with Crippen LogP contribution >= 0.6 is 0 Å². The molecule has 0 unspecified atom stereocenters. The van der Waals surface area contributed by atoms with Gasteiger partial charge in [-0.05, 0) is 55.6 Å². The van der Waals surface area contributed by atoms with Gasteiger partial charge in [-0.1, -0.05) is 6.08 Å². The van der Waals surface area contributed by atoms with Crippen molar-refractivity contribution in [1.82, 2.24) is 10.0 Å². The zero-order valence-corrected chi connectivity index (χ0v) is 15.5. The highest BCUT2D eigenvalue weighted by molar-refractivity contribution is 7.89. The van der Waals surface area contributed by atoms with Crippen LogP contribution in [0.1, 0.15) is 10.4 Å². The third kappa shape index (κ3) is 5.66. The van der Waals surface area contributed by atoms with Crippen LogP contribution in [0, 0.1) is 0 Å². The number of urea groups is 1. The zero-order valence-electron chi connectivity index (χ0n) is 14.7. The van der Waals surface area contributed by atoms with Gasteiger partial charge < -0.3 is 16.0 Å². The van der Waals surface area contributed by atoms with E-state index in [-0.39, 0.29) is 16.8 Å². The Labute approximate surface area is 157 Å². The van der Waals surface area contributed by atoms with Crippen molar-refractivity contribution in [2.45, 2.75) is 4.90 Å². The topological polar surface area (TPSA) is 116 Å². The van der Waals surface area contributed by atoms with Crippen LogP contribution in [-0.4, -0.2) is 33.9 Å². The van der Waals surface area contributed by atoms with Crippen molar-refractivity contribution in [2.75, 3.05) is 24.2 Å². The maximum Gasteiger partial charge on any atom is 0.319 e. The van der Waals surface area contributed by atoms with Gasteiger partial charge in [0, 0.05) is 23.5 Å². The van der Waals surface area contributed by atoms with Crippen molar-refractivity contribution >= 4 is 33.3 Å². The molecule has 0 spiro atoms. The summed E-state index contributed by atoms with van der Waals surface area (Å²) in [7, 11) is -2.23. The summed E-state index contributed by atoms with van der Waals surface area (Å²) in [5.74, 6) is -0.382. The summed E-state index contributed by atoms with van der Waals surface area (Å²) in [5, 5.41) is 7.92. The van der Waals surface area contributed by atoms with Gasteiger partial charge in [-0.3, -0.25) is 4.79 Å². The first-order valence-corrected chi connectivity index (χ1v) is 9.45. The number of rotatable bonds is 7. The lowest BCUT2D eigenvalue weighted by Crippen LogP contribution is -2.28. The van der Waals surface area contributed by atoms with Crippen LogP contribution in [0.25, 0.3) is 0 Å². The SMILES string of the molecule is C=CCNC(=O)Nc1ccc(NC(=O)c2ccc(S(=O)(=O)NC)cc2)cc1. The highest BCUT2D eigenvalue weighted by Crippen LogP contribution is 2.16. The number of anilines is 2. The molecule has 8 nitrogen and oxygen atoms in total. The van der Waals surface area contributed by atoms with Gasteiger partial charge in [-0.15, -0.1) is 6.58 Å². The minimum atomic E-state index is -3.55. The molecular weight excluding hydrogens is 368 g/mol. The zero-order chi connectivity index (χ0) is 19.9. The minimum absolute atomic E-state index is 0.0757. The average molecular weight is 388 g/mol. The Kier molecular flexibility index (Phi) is 6.69. The predicted molar refractivity (Wildman–Crippen MR) is 104 cm³/mol. The van der Waals surface area contributed by atoms with Gasteiger partial charge >= 0.3 is 6.03 Å². The highest BCUT2D eigenvalue weighted by Gasteiger charge is 2.12. The Morgan fingerprint density at radius 1 is 0.963 bits per heavy atom. The fraction of sp³-hybridized carbons (Fsp3) is 0.111. The Hall–Kier alpha value is -3.17. The van der Waals surface area contributed by atoms with Gasteiger partial charge in [0.1, 0.15) is 0 Å². The van der Waals surface area contributed by atoms with Crippen molar-refractivity contribution in [3.8, 4) is 0 Å². The van der Waals surface area contributed by atoms with Gasteiger partial charge in [0.05, 0.1) is 4.90 Å². The maximum absolute atomic E-state index is 12.3. The number of hydrogen-bond acceptors (Lipinski definition) is 4. The van der Waals surface area contributed by atoms with Crippen molar-refractivity contribution in [1.29, 1.82) is 0 Å². The standard InChI is InChI=1S/C18H20N4O4S/c1-3-12-20-18(24)22-15-8-6-14(7-9-15)21-17(23)13-4-10-16(11-5-13)27(25,26)19-2/h3-11,19H,1,12H2,2H3,(H,21,23)(H2,20,22,24). The molecule has 0 aliphatic rings. The molecule has 0 saturated carbocycles. The normalized spacial score (nSPS) is 10.7. The third-order valence-electron chi connectivity index (χ3n) is 3.50. The smallest absolute Gasteiger partial charge is 0.319 e. The summed E-state index contributed by atoms with van der Waals surface area (Å²) >= 11 is 0. The first kappa shape index (κ1) is 20.1. The monoisotopic (exact) mass is 388 g/mol. The van der Waals surface area contributed by atoms with E-state index in [1.165, 1.54) is 31.3 Å². The number of nitrogens with one attached hydrogen (secondary N) is 4. The van der Waals surface area contributed by atoms with E-state index in [2.05, 4.69) is 27.3 Å². The van der Waals surface area contributed by atoms with Crippen LogP contribution in [0.15, 0.2) is 66.1 Å². The van der Waals surface area contributed by atoms with Gasteiger partial charge in [-0.25, -0.2) is 17.9 Å². The van der Waals surface area contributed by atoms with Crippen LogP contribution in [0.5, 0.6) is 0 Å². The highest BCUT2D eigenvalue weighted by atomic mass is 32.2. The Balaban J connectivity index is 1.99. The lowest BCUT2D eigenvalue weighted by molar-refractivity contribution is 0.102. The van der Waals surface area contributed by atoms with E-state index in [4.69, 9.17) is 0 Å². The second-order valence-corrected chi connectivity index (χ2v) is 7.27. The van der Waals surface area contributed by atoms with Crippen LogP contribution in [-0.2, 0) is 10.0 Å². The van der Waals surface area contributed by atoms with Gasteiger partial charge in [0.15, 0.2) is 0 Å². The summed E-state index contributed by atoms with van der Waals surface area (Å²) in [6, 6.07) is 11.8. The molecular formula is C18H20N4O4S. The molecule has 2 aromatic carbocycles. The molecule has 0 atom stereocenters. The van der Waals surface area contributed by atoms with E-state index in [1.807, 2.05) is 0 Å². The molecule has 2 aromatic rings. The van der Waals surface area contributed by atoms with Crippen molar-refractivity contribution < 1.29 is 18.0 Å². The molecule has 142 valence electrons. The Bertz CT molecular complexity index is 923. The van der Waals surface area contributed by atoms with Crippen molar-refractivity contribution in [3.05, 3.63) is 66.7 Å². The predicted octanol–water partition coefficient (Wildman–Crippen LogP) is 2.15. The second kappa shape index (κ2) is 8.97. The van der Waals surface area contributed by atoms with E-state index in [0.29, 0.717) is 23.5 Å². The quantitative estimate of drug-likeness (QED) is 0.544. The van der Waals surface area contributed by atoms with Crippen molar-refractivity contribution in [3.63, 3.8) is 0 Å². The van der Waals surface area contributed by atoms with E-state index < -0.39 is 10.0 Å². The molecule has 0 aliphatic heterocycles. The summed E-state index contributed by atoms with van der Waals surface area (Å²) in [5.41, 5.74) is 1.41. The summed E-state index contributed by atoms with van der Waals surface area (Å²) in [4.78, 5) is 23.9. The lowest BCUT2D eigenvalue weighted by atomic mass is 10.2. The molecule has 3 amide bonds. The summed E-state index contributed by atoms with van der Waals surface area (Å²) in [6.45, 7) is 3.86. The molecule has 0 aliphatic carbocycles. The van der Waals surface area contributed by atoms with E-state index >= 15 is 0 Å². The Morgan fingerprint density at radius 2 is 1.52 bits per heavy atom. The third-order valence-corrected chi connectivity index (χ3v) is 4.93. The van der Waals surface area contributed by atoms with Crippen LogP contribution in [0.4, 0.5) is 16.2 Å². The summed E-state index contributed by atoms with van der Waals surface area (Å²) in [6.07, 6.45) is 1.57. The molecule has 0 bridgehead atoms. The maximum atomic E-state index is 12.3. The molecule has 0 radical (unpaired) electrons. The van der Waals surface area contributed by atoms with E-state index in [1.54, 1.807) is 30.3 Å². The molecule has 0 fully saturated rings. The minimum Gasteiger partial charge on any atom is -0.334 e. The fourth-order valence-corrected chi connectivity index (χ4v) is 2.81. The molecule has 27 heavy (non-hydrogen) atoms. The first-order valence-electron chi connectivity index (χ1n) is 7.96. The average Bonchev–Trinajstić information content (AvgIpc) is 2.68. The molecule has 4 N–H and O–H groups in total. The number of amides is 3. The summed E-state index contributed by atoms with van der Waals surface area (Å²) < 4.78 is 25.6. The number of hydrogen-bond donors (Lipinski definition) is 4.